The maximum Gasteiger partial charge on any atom is 0.490 e. The Kier molecular flexibility index (Phi) is 9.14. The number of carbonyl (C=O) groups is 2. The summed E-state index contributed by atoms with van der Waals surface area (Å²) in [6.07, 6.45) is 0.315. The first-order valence-electron chi connectivity index (χ1n) is 8.69. The number of carbonyl (C=O) groups excluding carboxylic acids is 1. The molecule has 1 aromatic rings. The van der Waals surface area contributed by atoms with Crippen LogP contribution < -0.4 is 21.3 Å². The van der Waals surface area contributed by atoms with Crippen molar-refractivity contribution in [1.82, 2.24) is 9.88 Å². The van der Waals surface area contributed by atoms with Gasteiger partial charge in [0.15, 0.2) is 0 Å². The van der Waals surface area contributed by atoms with Crippen LogP contribution in [-0.4, -0.2) is 45.9 Å². The summed E-state index contributed by atoms with van der Waals surface area (Å²) < 4.78 is 40.0. The van der Waals surface area contributed by atoms with Crippen LogP contribution in [-0.2, 0) is 16.6 Å². The number of halogens is 4. The molecule has 0 aromatic carbocycles. The van der Waals surface area contributed by atoms with Gasteiger partial charge in [-0.25, -0.2) is 4.79 Å². The number of carboxylic acid groups (broad SMARTS) is 1. The van der Waals surface area contributed by atoms with E-state index in [1.807, 2.05) is 0 Å². The van der Waals surface area contributed by atoms with Gasteiger partial charge in [-0.1, -0.05) is 0 Å². The molecule has 4 N–H and O–H groups in total. The summed E-state index contributed by atoms with van der Waals surface area (Å²) in [6, 6.07) is 1.48. The Hall–Kier alpha value is -2.08. The molecule has 1 amide bonds. The number of nitrogens with two attached hydrogens (primary N) is 1. The zero-order valence-electron chi connectivity index (χ0n) is 15.8. The lowest BCUT2D eigenvalue weighted by Crippen LogP contribution is -2.46. The van der Waals surface area contributed by atoms with Crippen molar-refractivity contribution < 1.29 is 32.6 Å². The van der Waals surface area contributed by atoms with Gasteiger partial charge in [-0.05, 0) is 48.5 Å². The minimum atomic E-state index is -5.08. The van der Waals surface area contributed by atoms with Crippen molar-refractivity contribution in [1.29, 1.82) is 0 Å². The van der Waals surface area contributed by atoms with Gasteiger partial charge < -0.3 is 25.5 Å². The van der Waals surface area contributed by atoms with Gasteiger partial charge in [-0.15, -0.1) is 0 Å². The topological polar surface area (TPSA) is 124 Å². The molecule has 2 rings (SSSR count). The predicted molar refractivity (Wildman–Crippen MR) is 102 cm³/mol. The van der Waals surface area contributed by atoms with Gasteiger partial charge in [0.1, 0.15) is 5.75 Å². The van der Waals surface area contributed by atoms with E-state index in [0.717, 1.165) is 30.2 Å². The molecular weight excluding hydrogens is 463 g/mol. The van der Waals surface area contributed by atoms with Gasteiger partial charge in [0, 0.05) is 25.4 Å². The fourth-order valence-corrected chi connectivity index (χ4v) is 3.15. The van der Waals surface area contributed by atoms with Gasteiger partial charge in [0.05, 0.1) is 16.6 Å². The molecule has 1 atom stereocenters. The zero-order valence-corrected chi connectivity index (χ0v) is 17.4. The summed E-state index contributed by atoms with van der Waals surface area (Å²) in [4.78, 5) is 31.6. The second kappa shape index (κ2) is 10.6. The molecule has 8 nitrogen and oxygen atoms in total. The van der Waals surface area contributed by atoms with Gasteiger partial charge in [0.25, 0.3) is 5.56 Å². The molecular formula is C17H23BrF3N3O5. The van der Waals surface area contributed by atoms with Gasteiger partial charge in [-0.3, -0.25) is 9.59 Å². The number of nitrogens with one attached hydrogen (secondary N) is 1. The van der Waals surface area contributed by atoms with Crippen molar-refractivity contribution in [2.75, 3.05) is 0 Å². The Morgan fingerprint density at radius 2 is 1.86 bits per heavy atom. The number of nitrogens with zero attached hydrogens (tertiary/aromatic N) is 1. The number of rotatable bonds is 5. The van der Waals surface area contributed by atoms with Crippen LogP contribution in [0.3, 0.4) is 0 Å². The van der Waals surface area contributed by atoms with E-state index in [1.54, 1.807) is 20.2 Å². The third kappa shape index (κ3) is 8.44. The second-order valence-corrected chi connectivity index (χ2v) is 7.47. The van der Waals surface area contributed by atoms with E-state index in [9.17, 15) is 22.8 Å². The smallest absolute Gasteiger partial charge is 0.489 e. The summed E-state index contributed by atoms with van der Waals surface area (Å²) in [5.74, 6) is -2.50. The molecule has 0 saturated heterocycles. The highest BCUT2D eigenvalue weighted by Gasteiger charge is 2.38. The van der Waals surface area contributed by atoms with Crippen LogP contribution >= 0.6 is 15.9 Å². The third-order valence-electron chi connectivity index (χ3n) is 4.27. The lowest BCUT2D eigenvalue weighted by atomic mass is 9.92. The highest BCUT2D eigenvalue weighted by atomic mass is 79.9. The lowest BCUT2D eigenvalue weighted by molar-refractivity contribution is -0.192. The highest BCUT2D eigenvalue weighted by molar-refractivity contribution is 9.10. The Balaban J connectivity index is 0.000000516. The molecule has 164 valence electrons. The molecule has 1 saturated carbocycles. The van der Waals surface area contributed by atoms with E-state index in [-0.39, 0.29) is 29.7 Å². The van der Waals surface area contributed by atoms with Gasteiger partial charge >= 0.3 is 12.1 Å². The van der Waals surface area contributed by atoms with Crippen LogP contribution in [0.2, 0.25) is 0 Å². The maximum absolute atomic E-state index is 11.7. The Morgan fingerprint density at radius 1 is 1.34 bits per heavy atom. The minimum absolute atomic E-state index is 0.0883. The van der Waals surface area contributed by atoms with E-state index in [0.29, 0.717) is 5.75 Å². The summed E-state index contributed by atoms with van der Waals surface area (Å²) in [5.41, 5.74) is 5.17. The van der Waals surface area contributed by atoms with E-state index in [4.69, 9.17) is 20.4 Å². The summed E-state index contributed by atoms with van der Waals surface area (Å²) >= 11 is 3.42. The highest BCUT2D eigenvalue weighted by Crippen LogP contribution is 2.28. The van der Waals surface area contributed by atoms with Crippen LogP contribution in [0.5, 0.6) is 5.75 Å². The largest absolute Gasteiger partial charge is 0.490 e. The second-order valence-electron chi connectivity index (χ2n) is 6.62. The molecule has 1 aliphatic rings. The molecule has 0 aliphatic heterocycles. The average Bonchev–Trinajstić information content (AvgIpc) is 2.61. The Bertz CT molecular complexity index is 777. The number of primary amides is 1. The molecule has 0 spiro atoms. The monoisotopic (exact) mass is 485 g/mol. The average molecular weight is 486 g/mol. The molecule has 29 heavy (non-hydrogen) atoms. The summed E-state index contributed by atoms with van der Waals surface area (Å²) in [5, 5.41) is 10.4. The number of aromatic nitrogens is 1. The number of aliphatic carboxylic acids is 1. The first-order valence-corrected chi connectivity index (χ1v) is 9.48. The number of aryl methyl sites for hydroxylation is 1. The number of pyridine rings is 1. The van der Waals surface area contributed by atoms with Gasteiger partial charge in [-0.2, -0.15) is 13.2 Å². The van der Waals surface area contributed by atoms with Crippen molar-refractivity contribution in [3.8, 4) is 5.75 Å². The van der Waals surface area contributed by atoms with Crippen LogP contribution in [0.25, 0.3) is 0 Å². The third-order valence-corrected chi connectivity index (χ3v) is 4.86. The fraction of sp³-hybridized carbons (Fsp3) is 0.588. The van der Waals surface area contributed by atoms with Crippen molar-refractivity contribution >= 4 is 27.8 Å². The van der Waals surface area contributed by atoms with E-state index < -0.39 is 12.1 Å². The van der Waals surface area contributed by atoms with Crippen molar-refractivity contribution in [3.63, 3.8) is 0 Å². The fourth-order valence-electron chi connectivity index (χ4n) is 2.63. The van der Waals surface area contributed by atoms with Crippen molar-refractivity contribution in [2.45, 2.75) is 57.0 Å². The Labute approximate surface area is 173 Å². The van der Waals surface area contributed by atoms with Crippen molar-refractivity contribution in [3.05, 3.63) is 27.1 Å². The minimum Gasteiger partial charge on any atom is -0.489 e. The number of hydrogen-bond acceptors (Lipinski definition) is 5. The Morgan fingerprint density at radius 3 is 2.31 bits per heavy atom. The van der Waals surface area contributed by atoms with E-state index in [2.05, 4.69) is 21.2 Å². The SMILES string of the molecule is CC(NC1CCC(Oc2cc(=O)n(C)cc2Br)CC1)C(N)=O.O=C(O)C(F)(F)F. The molecule has 0 bridgehead atoms. The molecule has 0 radical (unpaired) electrons. The standard InChI is InChI=1S/C15H22BrN3O3.C2HF3O2/c1-9(15(17)21)18-10-3-5-11(6-4-10)22-13-7-14(20)19(2)8-12(13)16;3-2(4,5)1(6)7/h7-11,18H,3-6H2,1-2H3,(H2,17,21);(H,6,7). The molecule has 12 heteroatoms. The quantitative estimate of drug-likeness (QED) is 0.585. The van der Waals surface area contributed by atoms with E-state index in [1.165, 1.54) is 10.6 Å². The number of carboxylic acids is 1. The molecule has 1 unspecified atom stereocenters. The molecule has 1 fully saturated rings. The number of amides is 1. The predicted octanol–water partition coefficient (Wildman–Crippen LogP) is 1.93. The molecule has 1 aromatic heterocycles. The van der Waals surface area contributed by atoms with Crippen molar-refractivity contribution in [2.24, 2.45) is 12.8 Å². The van der Waals surface area contributed by atoms with Gasteiger partial charge in [0.2, 0.25) is 5.91 Å². The molecule has 1 aliphatic carbocycles. The first kappa shape index (κ1) is 25.0. The number of hydrogen-bond donors (Lipinski definition) is 3. The van der Waals surface area contributed by atoms with Crippen LogP contribution in [0.15, 0.2) is 21.5 Å². The number of alkyl halides is 3. The summed E-state index contributed by atoms with van der Waals surface area (Å²) in [6.45, 7) is 1.78. The first-order chi connectivity index (χ1) is 13.3. The normalized spacial score (nSPS) is 20.2. The lowest BCUT2D eigenvalue weighted by Gasteiger charge is -2.31. The van der Waals surface area contributed by atoms with E-state index >= 15 is 0 Å². The van der Waals surface area contributed by atoms with Crippen LogP contribution in [0.4, 0.5) is 13.2 Å². The maximum atomic E-state index is 11.7. The van der Waals surface area contributed by atoms with Crippen LogP contribution in [0, 0.1) is 0 Å². The summed E-state index contributed by atoms with van der Waals surface area (Å²) in [7, 11) is 1.70. The number of ether oxygens (including phenoxy) is 1. The molecule has 1 heterocycles. The zero-order chi connectivity index (χ0) is 22.4. The van der Waals surface area contributed by atoms with Crippen LogP contribution in [0.1, 0.15) is 32.6 Å².